The molecule has 2 aromatic rings. The molecule has 2 aromatic heterocycles. The molecule has 0 spiro atoms. The third-order valence-corrected chi connectivity index (χ3v) is 3.73. The fourth-order valence-corrected chi connectivity index (χ4v) is 2.52. The van der Waals surface area contributed by atoms with Crippen molar-refractivity contribution < 1.29 is 19.1 Å². The number of hydrogen-bond acceptors (Lipinski definition) is 6. The number of nitrogens with zero attached hydrogens (tertiary/aromatic N) is 4. The first-order chi connectivity index (χ1) is 9.39. The van der Waals surface area contributed by atoms with Gasteiger partial charge >= 0.3 is 7.60 Å². The average Bonchev–Trinajstić information content (AvgIpc) is 3.01. The van der Waals surface area contributed by atoms with Crippen LogP contribution in [0.5, 0.6) is 0 Å². The molecule has 1 aliphatic carbocycles. The average molecular weight is 299 g/mol. The van der Waals surface area contributed by atoms with E-state index < -0.39 is 19.5 Å². The fraction of sp³-hybridized carbons (Fsp3) is 0.500. The van der Waals surface area contributed by atoms with Crippen molar-refractivity contribution in [1.82, 2.24) is 19.6 Å². The van der Waals surface area contributed by atoms with Gasteiger partial charge in [-0.15, -0.1) is 0 Å². The van der Waals surface area contributed by atoms with Crippen molar-refractivity contribution in [2.75, 3.05) is 12.1 Å². The number of ether oxygens (including phenoxy) is 1. The van der Waals surface area contributed by atoms with E-state index in [1.54, 1.807) is 6.20 Å². The second-order valence-corrected chi connectivity index (χ2v) is 6.52. The molecule has 10 heteroatoms. The van der Waals surface area contributed by atoms with Crippen molar-refractivity contribution >= 4 is 19.2 Å². The van der Waals surface area contributed by atoms with Crippen molar-refractivity contribution in [2.24, 2.45) is 0 Å². The van der Waals surface area contributed by atoms with Gasteiger partial charge in [-0.25, -0.2) is 9.97 Å². The monoisotopic (exact) mass is 299 g/mol. The van der Waals surface area contributed by atoms with E-state index in [2.05, 4.69) is 15.1 Å². The van der Waals surface area contributed by atoms with Gasteiger partial charge in [0.1, 0.15) is 12.7 Å². The third-order valence-electron chi connectivity index (χ3n) is 3.26. The molecule has 0 bridgehead atoms. The largest absolute Gasteiger partial charge is 0.368 e. The van der Waals surface area contributed by atoms with Crippen LogP contribution in [0.1, 0.15) is 18.4 Å². The lowest BCUT2D eigenvalue weighted by Gasteiger charge is -2.16. The van der Waals surface area contributed by atoms with Gasteiger partial charge in [-0.05, 0) is 12.8 Å². The van der Waals surface area contributed by atoms with Gasteiger partial charge in [0.15, 0.2) is 5.65 Å². The summed E-state index contributed by atoms with van der Waals surface area (Å²) in [6, 6.07) is 0. The second-order valence-electron chi connectivity index (χ2n) is 4.93. The van der Waals surface area contributed by atoms with Gasteiger partial charge in [0, 0.05) is 12.0 Å². The quantitative estimate of drug-likeness (QED) is 0.653. The standard InChI is InChI=1S/C10H14N5O4P/c11-9-13-5-12-8-7(4-14-15(8)9)3-10(1-2-10)19-6-20(16,17)18/h4-5H,1-3,6H2,(H2,11,12,13)(H2,16,17,18). The molecule has 2 heterocycles. The molecule has 0 unspecified atom stereocenters. The fourth-order valence-electron chi connectivity index (χ4n) is 2.08. The summed E-state index contributed by atoms with van der Waals surface area (Å²) in [5.74, 6) is 0.238. The van der Waals surface area contributed by atoms with Crippen LogP contribution in [-0.4, -0.2) is 41.3 Å². The predicted molar refractivity (Wildman–Crippen MR) is 68.9 cm³/mol. The van der Waals surface area contributed by atoms with Gasteiger partial charge in [-0.3, -0.25) is 4.57 Å². The van der Waals surface area contributed by atoms with Crippen LogP contribution in [-0.2, 0) is 15.7 Å². The zero-order chi connectivity index (χ0) is 14.4. The number of rotatable bonds is 5. The Labute approximate surface area is 114 Å². The minimum absolute atomic E-state index is 0.238. The lowest BCUT2D eigenvalue weighted by atomic mass is 10.1. The zero-order valence-corrected chi connectivity index (χ0v) is 11.4. The number of fused-ring (bicyclic) bond motifs is 1. The summed E-state index contributed by atoms with van der Waals surface area (Å²) in [4.78, 5) is 25.7. The van der Waals surface area contributed by atoms with Crippen molar-refractivity contribution in [3.63, 3.8) is 0 Å². The second kappa shape index (κ2) is 4.49. The van der Waals surface area contributed by atoms with Crippen LogP contribution in [0.4, 0.5) is 5.95 Å². The van der Waals surface area contributed by atoms with E-state index in [1.807, 2.05) is 0 Å². The molecule has 0 atom stereocenters. The van der Waals surface area contributed by atoms with Crippen molar-refractivity contribution in [2.45, 2.75) is 24.9 Å². The Morgan fingerprint density at radius 3 is 2.85 bits per heavy atom. The molecule has 20 heavy (non-hydrogen) atoms. The number of hydrogen-bond donors (Lipinski definition) is 3. The molecule has 4 N–H and O–H groups in total. The summed E-state index contributed by atoms with van der Waals surface area (Å²) in [6.45, 7) is 0. The smallest absolute Gasteiger partial charge is 0.351 e. The molecular formula is C10H14N5O4P. The molecule has 0 aromatic carbocycles. The van der Waals surface area contributed by atoms with E-state index >= 15 is 0 Å². The van der Waals surface area contributed by atoms with Gasteiger partial charge in [-0.2, -0.15) is 9.61 Å². The van der Waals surface area contributed by atoms with E-state index in [0.29, 0.717) is 12.1 Å². The Kier molecular flexibility index (Phi) is 3.02. The summed E-state index contributed by atoms with van der Waals surface area (Å²) in [6.07, 6.45) is 4.42. The first-order valence-corrected chi connectivity index (χ1v) is 7.80. The Morgan fingerprint density at radius 1 is 1.45 bits per heavy atom. The number of aromatic nitrogens is 4. The minimum atomic E-state index is -4.16. The van der Waals surface area contributed by atoms with Crippen molar-refractivity contribution in [1.29, 1.82) is 0 Å². The Bertz CT molecular complexity index is 692. The van der Waals surface area contributed by atoms with Crippen LogP contribution in [0, 0.1) is 0 Å². The normalized spacial score (nSPS) is 17.5. The third kappa shape index (κ3) is 2.66. The number of anilines is 1. The van der Waals surface area contributed by atoms with E-state index in [9.17, 15) is 4.57 Å². The van der Waals surface area contributed by atoms with E-state index in [0.717, 1.165) is 18.4 Å². The van der Waals surface area contributed by atoms with Gasteiger partial charge in [-0.1, -0.05) is 0 Å². The molecule has 1 saturated carbocycles. The van der Waals surface area contributed by atoms with Crippen LogP contribution in [0.3, 0.4) is 0 Å². The Morgan fingerprint density at radius 2 is 2.20 bits per heavy atom. The highest BCUT2D eigenvalue weighted by atomic mass is 31.2. The molecule has 3 rings (SSSR count). The van der Waals surface area contributed by atoms with E-state index in [-0.39, 0.29) is 5.95 Å². The highest BCUT2D eigenvalue weighted by Gasteiger charge is 2.45. The molecular weight excluding hydrogens is 285 g/mol. The maximum atomic E-state index is 10.9. The highest BCUT2D eigenvalue weighted by molar-refractivity contribution is 7.51. The topological polar surface area (TPSA) is 136 Å². The minimum Gasteiger partial charge on any atom is -0.368 e. The molecule has 0 radical (unpaired) electrons. The van der Waals surface area contributed by atoms with Crippen LogP contribution < -0.4 is 5.73 Å². The van der Waals surface area contributed by atoms with Crippen LogP contribution in [0.25, 0.3) is 5.65 Å². The number of nitrogens with two attached hydrogens (primary N) is 1. The first kappa shape index (κ1) is 13.4. The number of nitrogen functional groups attached to an aromatic ring is 1. The molecule has 0 saturated heterocycles. The highest BCUT2D eigenvalue weighted by Crippen LogP contribution is 2.46. The van der Waals surface area contributed by atoms with Crippen LogP contribution in [0.15, 0.2) is 12.5 Å². The molecule has 0 amide bonds. The SMILES string of the molecule is Nc1ncnc2c(CC3(OCP(=O)(O)O)CC3)cnn12. The van der Waals surface area contributed by atoms with Gasteiger partial charge < -0.3 is 20.3 Å². The molecule has 1 fully saturated rings. The van der Waals surface area contributed by atoms with Gasteiger partial charge in [0.05, 0.1) is 11.8 Å². The van der Waals surface area contributed by atoms with Crippen LogP contribution >= 0.6 is 7.60 Å². The van der Waals surface area contributed by atoms with Gasteiger partial charge in [0.25, 0.3) is 0 Å². The molecule has 108 valence electrons. The predicted octanol–water partition coefficient (Wildman–Crippen LogP) is -0.0666. The van der Waals surface area contributed by atoms with Crippen molar-refractivity contribution in [3.8, 4) is 0 Å². The van der Waals surface area contributed by atoms with Crippen LogP contribution in [0.2, 0.25) is 0 Å². The zero-order valence-electron chi connectivity index (χ0n) is 10.5. The lowest BCUT2D eigenvalue weighted by molar-refractivity contribution is 0.0547. The van der Waals surface area contributed by atoms with E-state index in [4.69, 9.17) is 20.3 Å². The molecule has 1 aliphatic rings. The lowest BCUT2D eigenvalue weighted by Crippen LogP contribution is -2.18. The summed E-state index contributed by atoms with van der Waals surface area (Å²) in [5, 5.41) is 4.10. The summed E-state index contributed by atoms with van der Waals surface area (Å²) in [7, 11) is -4.16. The van der Waals surface area contributed by atoms with Crippen molar-refractivity contribution in [3.05, 3.63) is 18.1 Å². The Balaban J connectivity index is 1.80. The van der Waals surface area contributed by atoms with Gasteiger partial charge in [0.2, 0.25) is 5.95 Å². The summed E-state index contributed by atoms with van der Waals surface area (Å²) in [5.41, 5.74) is 6.56. The molecule has 0 aliphatic heterocycles. The first-order valence-electron chi connectivity index (χ1n) is 6.00. The maximum absolute atomic E-state index is 10.9. The molecule has 9 nitrogen and oxygen atoms in total. The summed E-state index contributed by atoms with van der Waals surface area (Å²) >= 11 is 0. The summed E-state index contributed by atoms with van der Waals surface area (Å²) < 4.78 is 17.7. The maximum Gasteiger partial charge on any atom is 0.351 e. The Hall–Kier alpha value is -1.54. The van der Waals surface area contributed by atoms with E-state index in [1.165, 1.54) is 10.8 Å².